The van der Waals surface area contributed by atoms with Gasteiger partial charge < -0.3 is 9.47 Å². The van der Waals surface area contributed by atoms with Gasteiger partial charge in [-0.25, -0.2) is 0 Å². The van der Waals surface area contributed by atoms with Crippen molar-refractivity contribution in [1.82, 2.24) is 0 Å². The molecule has 0 aromatic carbocycles. The van der Waals surface area contributed by atoms with Gasteiger partial charge in [0.15, 0.2) is 0 Å². The number of rotatable bonds is 21. The number of hydrogen-bond donors (Lipinski definition) is 0. The minimum absolute atomic E-state index is 0.389. The standard InChI is InChI=1S/C24H46O2/c1-3-5-6-7-8-9-10-11-12-13-14-15-16-17-19-23(18-4-2)20-25-21-24-22-26-24/h4,23-24H,2-3,5-22H2,1H3. The lowest BCUT2D eigenvalue weighted by atomic mass is 9.97. The minimum Gasteiger partial charge on any atom is -0.378 e. The summed E-state index contributed by atoms with van der Waals surface area (Å²) in [5.74, 6) is 0.656. The second-order valence-electron chi connectivity index (χ2n) is 8.27. The molecule has 0 N–H and O–H groups in total. The summed E-state index contributed by atoms with van der Waals surface area (Å²) >= 11 is 0. The molecule has 0 saturated carbocycles. The molecular weight excluding hydrogens is 320 g/mol. The fourth-order valence-corrected chi connectivity index (χ4v) is 3.66. The van der Waals surface area contributed by atoms with E-state index in [-0.39, 0.29) is 0 Å². The molecule has 1 aliphatic heterocycles. The van der Waals surface area contributed by atoms with Gasteiger partial charge in [0, 0.05) is 6.61 Å². The first-order chi connectivity index (χ1) is 12.9. The molecule has 1 fully saturated rings. The number of unbranched alkanes of at least 4 members (excludes halogenated alkanes) is 13. The van der Waals surface area contributed by atoms with Crippen LogP contribution in [0.15, 0.2) is 12.7 Å². The number of ether oxygens (including phenoxy) is 2. The molecule has 0 bridgehead atoms. The fraction of sp³-hybridized carbons (Fsp3) is 0.917. The van der Waals surface area contributed by atoms with Gasteiger partial charge in [0.2, 0.25) is 0 Å². The third-order valence-corrected chi connectivity index (χ3v) is 5.53. The predicted molar refractivity (Wildman–Crippen MR) is 114 cm³/mol. The molecule has 0 aromatic rings. The van der Waals surface area contributed by atoms with E-state index in [1.54, 1.807) is 0 Å². The van der Waals surface area contributed by atoms with Crippen molar-refractivity contribution >= 4 is 0 Å². The minimum atomic E-state index is 0.389. The van der Waals surface area contributed by atoms with E-state index in [1.165, 1.54) is 96.3 Å². The zero-order chi connectivity index (χ0) is 18.7. The molecule has 0 radical (unpaired) electrons. The van der Waals surface area contributed by atoms with Gasteiger partial charge in [-0.15, -0.1) is 6.58 Å². The lowest BCUT2D eigenvalue weighted by molar-refractivity contribution is 0.0831. The Balaban J connectivity index is 1.78. The highest BCUT2D eigenvalue weighted by Crippen LogP contribution is 2.18. The van der Waals surface area contributed by atoms with Crippen molar-refractivity contribution in [1.29, 1.82) is 0 Å². The molecule has 2 nitrogen and oxygen atoms in total. The van der Waals surface area contributed by atoms with Crippen molar-refractivity contribution in [3.05, 3.63) is 12.7 Å². The van der Waals surface area contributed by atoms with E-state index in [0.717, 1.165) is 26.2 Å². The van der Waals surface area contributed by atoms with Crippen LogP contribution < -0.4 is 0 Å². The summed E-state index contributed by atoms with van der Waals surface area (Å²) in [5, 5.41) is 0. The maximum absolute atomic E-state index is 5.77. The lowest BCUT2D eigenvalue weighted by Gasteiger charge is -2.15. The van der Waals surface area contributed by atoms with Crippen LogP contribution in [-0.2, 0) is 9.47 Å². The summed E-state index contributed by atoms with van der Waals surface area (Å²) in [6.45, 7) is 8.74. The van der Waals surface area contributed by atoms with Gasteiger partial charge >= 0.3 is 0 Å². The SMILES string of the molecule is C=CCC(CCCCCCCCCCCCCCCC)COCC1CO1. The first-order valence-electron chi connectivity index (χ1n) is 11.7. The molecule has 26 heavy (non-hydrogen) atoms. The first kappa shape index (κ1) is 23.7. The molecule has 0 amide bonds. The normalized spacial score (nSPS) is 17.3. The van der Waals surface area contributed by atoms with E-state index in [9.17, 15) is 0 Å². The van der Waals surface area contributed by atoms with Crippen LogP contribution in [0.25, 0.3) is 0 Å². The topological polar surface area (TPSA) is 21.8 Å². The monoisotopic (exact) mass is 366 g/mol. The van der Waals surface area contributed by atoms with E-state index in [0.29, 0.717) is 12.0 Å². The predicted octanol–water partition coefficient (Wildman–Crippen LogP) is 7.47. The van der Waals surface area contributed by atoms with Crippen LogP contribution in [0.2, 0.25) is 0 Å². The quantitative estimate of drug-likeness (QED) is 0.119. The summed E-state index contributed by atoms with van der Waals surface area (Å²) in [4.78, 5) is 0. The first-order valence-corrected chi connectivity index (χ1v) is 11.7. The Morgan fingerprint density at radius 2 is 1.38 bits per heavy atom. The van der Waals surface area contributed by atoms with Crippen LogP contribution in [0.4, 0.5) is 0 Å². The Bertz CT molecular complexity index is 299. The van der Waals surface area contributed by atoms with Gasteiger partial charge in [-0.2, -0.15) is 0 Å². The number of hydrogen-bond acceptors (Lipinski definition) is 2. The molecule has 0 spiro atoms. The largest absolute Gasteiger partial charge is 0.378 e. The van der Waals surface area contributed by atoms with Gasteiger partial charge in [-0.1, -0.05) is 103 Å². The molecule has 1 rings (SSSR count). The number of allylic oxidation sites excluding steroid dienone is 1. The van der Waals surface area contributed by atoms with E-state index in [2.05, 4.69) is 13.5 Å². The smallest absolute Gasteiger partial charge is 0.104 e. The summed E-state index contributed by atoms with van der Waals surface area (Å²) in [6, 6.07) is 0. The Labute approximate surface area is 164 Å². The average molecular weight is 367 g/mol. The molecule has 154 valence electrons. The molecule has 2 atom stereocenters. The Morgan fingerprint density at radius 3 is 1.85 bits per heavy atom. The van der Waals surface area contributed by atoms with Gasteiger partial charge in [-0.05, 0) is 18.8 Å². The van der Waals surface area contributed by atoms with E-state index < -0.39 is 0 Å². The van der Waals surface area contributed by atoms with Crippen LogP contribution in [0.1, 0.15) is 110 Å². The van der Waals surface area contributed by atoms with Crippen molar-refractivity contribution in [3.63, 3.8) is 0 Å². The Hall–Kier alpha value is -0.340. The van der Waals surface area contributed by atoms with Crippen molar-refractivity contribution in [2.45, 2.75) is 116 Å². The van der Waals surface area contributed by atoms with Gasteiger partial charge in [-0.3, -0.25) is 0 Å². The molecule has 1 heterocycles. The summed E-state index contributed by atoms with van der Waals surface area (Å²) in [5.41, 5.74) is 0. The summed E-state index contributed by atoms with van der Waals surface area (Å²) in [6.07, 6.45) is 24.8. The summed E-state index contributed by atoms with van der Waals surface area (Å²) < 4.78 is 11.0. The van der Waals surface area contributed by atoms with E-state index >= 15 is 0 Å². The second kappa shape index (κ2) is 18.0. The third kappa shape index (κ3) is 15.9. The lowest BCUT2D eigenvalue weighted by Crippen LogP contribution is -2.12. The molecular formula is C24H46O2. The Kier molecular flexibility index (Phi) is 16.4. The summed E-state index contributed by atoms with van der Waals surface area (Å²) in [7, 11) is 0. The highest BCUT2D eigenvalue weighted by Gasteiger charge is 2.22. The van der Waals surface area contributed by atoms with E-state index in [1.807, 2.05) is 6.08 Å². The van der Waals surface area contributed by atoms with Gasteiger partial charge in [0.25, 0.3) is 0 Å². The Morgan fingerprint density at radius 1 is 0.885 bits per heavy atom. The van der Waals surface area contributed by atoms with Crippen LogP contribution >= 0.6 is 0 Å². The molecule has 2 unspecified atom stereocenters. The van der Waals surface area contributed by atoms with Crippen LogP contribution in [-0.4, -0.2) is 25.9 Å². The molecule has 1 saturated heterocycles. The molecule has 2 heteroatoms. The molecule has 0 aromatic heterocycles. The fourth-order valence-electron chi connectivity index (χ4n) is 3.66. The highest BCUT2D eigenvalue weighted by molar-refractivity contribution is 4.74. The van der Waals surface area contributed by atoms with E-state index in [4.69, 9.17) is 9.47 Å². The zero-order valence-electron chi connectivity index (χ0n) is 17.7. The maximum Gasteiger partial charge on any atom is 0.104 e. The highest BCUT2D eigenvalue weighted by atomic mass is 16.6. The van der Waals surface area contributed by atoms with Gasteiger partial charge in [0.05, 0.1) is 13.2 Å². The number of epoxide rings is 1. The van der Waals surface area contributed by atoms with Crippen molar-refractivity contribution in [2.24, 2.45) is 5.92 Å². The molecule has 1 aliphatic rings. The van der Waals surface area contributed by atoms with Crippen LogP contribution in [0.3, 0.4) is 0 Å². The second-order valence-corrected chi connectivity index (χ2v) is 8.27. The van der Waals surface area contributed by atoms with Crippen LogP contribution in [0, 0.1) is 5.92 Å². The third-order valence-electron chi connectivity index (χ3n) is 5.53. The van der Waals surface area contributed by atoms with Gasteiger partial charge in [0.1, 0.15) is 6.10 Å². The average Bonchev–Trinajstić information content (AvgIpc) is 3.46. The maximum atomic E-state index is 5.77. The van der Waals surface area contributed by atoms with Crippen molar-refractivity contribution in [3.8, 4) is 0 Å². The molecule has 0 aliphatic carbocycles. The van der Waals surface area contributed by atoms with Crippen molar-refractivity contribution in [2.75, 3.05) is 19.8 Å². The zero-order valence-corrected chi connectivity index (χ0v) is 17.7. The van der Waals surface area contributed by atoms with Crippen LogP contribution in [0.5, 0.6) is 0 Å². The van der Waals surface area contributed by atoms with Crippen molar-refractivity contribution < 1.29 is 9.47 Å².